The molecule has 1 N–H and O–H groups in total. The molecule has 10 heteroatoms. The van der Waals surface area contributed by atoms with Crippen molar-refractivity contribution < 1.29 is 23.7 Å². The van der Waals surface area contributed by atoms with E-state index in [9.17, 15) is 4.79 Å². The Morgan fingerprint density at radius 2 is 1.71 bits per heavy atom. The van der Waals surface area contributed by atoms with Crippen molar-refractivity contribution in [2.75, 3.05) is 71.5 Å². The van der Waals surface area contributed by atoms with Gasteiger partial charge in [-0.15, -0.1) is 0 Å². The van der Waals surface area contributed by atoms with Crippen molar-refractivity contribution in [1.82, 2.24) is 14.8 Å². The minimum atomic E-state index is -0.0485. The third-order valence-electron chi connectivity index (χ3n) is 5.87. The summed E-state index contributed by atoms with van der Waals surface area (Å²) < 4.78 is 23.2. The molecule has 0 spiro atoms. The summed E-state index contributed by atoms with van der Waals surface area (Å²) >= 11 is 1.44. The van der Waals surface area contributed by atoms with Crippen LogP contribution in [0, 0.1) is 0 Å². The fourth-order valence-corrected chi connectivity index (χ4v) is 4.91. The minimum absolute atomic E-state index is 0.0485. The molecule has 0 aliphatic carbocycles. The number of aromatic nitrogens is 1. The summed E-state index contributed by atoms with van der Waals surface area (Å²) in [5.74, 6) is 3.04. The zero-order valence-corrected chi connectivity index (χ0v) is 19.9. The largest absolute Gasteiger partial charge is 0.497 e. The molecule has 1 amide bonds. The van der Waals surface area contributed by atoms with E-state index < -0.39 is 0 Å². The second-order valence-corrected chi connectivity index (χ2v) is 9.20. The van der Waals surface area contributed by atoms with E-state index in [4.69, 9.17) is 18.9 Å². The van der Waals surface area contributed by atoms with Crippen LogP contribution in [0.25, 0.3) is 10.2 Å². The number of hydrogen-bond donors (Lipinski definition) is 1. The number of thiazole rings is 1. The van der Waals surface area contributed by atoms with Crippen molar-refractivity contribution >= 4 is 32.6 Å². The van der Waals surface area contributed by atoms with Crippen molar-refractivity contribution in [2.45, 2.75) is 0 Å². The number of anilines is 1. The number of methoxy groups -OCH3 is 1. The topological polar surface area (TPSA) is 85.4 Å². The van der Waals surface area contributed by atoms with Gasteiger partial charge in [0.1, 0.15) is 31.3 Å². The van der Waals surface area contributed by atoms with Crippen LogP contribution in [-0.4, -0.2) is 86.9 Å². The number of carbonyl (C=O) groups is 1. The molecule has 0 bridgehead atoms. The number of hydrogen-bond acceptors (Lipinski definition) is 9. The Kier molecular flexibility index (Phi) is 6.98. The molecular formula is C24H28N4O5S. The molecule has 0 atom stereocenters. The lowest BCUT2D eigenvalue weighted by molar-refractivity contribution is -0.117. The summed E-state index contributed by atoms with van der Waals surface area (Å²) in [6.07, 6.45) is 0. The Morgan fingerprint density at radius 3 is 2.44 bits per heavy atom. The van der Waals surface area contributed by atoms with Crippen LogP contribution in [0.3, 0.4) is 0 Å². The molecule has 1 saturated heterocycles. The van der Waals surface area contributed by atoms with E-state index in [1.807, 2.05) is 36.4 Å². The molecule has 5 rings (SSSR count). The lowest BCUT2D eigenvalue weighted by atomic mass is 10.3. The van der Waals surface area contributed by atoms with Crippen molar-refractivity contribution in [1.29, 1.82) is 0 Å². The van der Waals surface area contributed by atoms with Crippen LogP contribution in [0.15, 0.2) is 36.4 Å². The first-order valence-electron chi connectivity index (χ1n) is 11.4. The van der Waals surface area contributed by atoms with Crippen molar-refractivity contribution in [3.8, 4) is 23.0 Å². The molecule has 180 valence electrons. The van der Waals surface area contributed by atoms with Crippen LogP contribution in [0.5, 0.6) is 23.0 Å². The average molecular weight is 485 g/mol. The summed E-state index contributed by atoms with van der Waals surface area (Å²) in [7, 11) is 1.65. The lowest BCUT2D eigenvalue weighted by Gasteiger charge is -2.34. The van der Waals surface area contributed by atoms with Gasteiger partial charge in [-0.25, -0.2) is 4.98 Å². The monoisotopic (exact) mass is 484 g/mol. The van der Waals surface area contributed by atoms with E-state index in [2.05, 4.69) is 20.1 Å². The van der Waals surface area contributed by atoms with E-state index in [1.165, 1.54) is 11.3 Å². The maximum absolute atomic E-state index is 12.6. The number of benzene rings is 2. The first-order valence-corrected chi connectivity index (χ1v) is 12.2. The second-order valence-electron chi connectivity index (χ2n) is 8.17. The summed E-state index contributed by atoms with van der Waals surface area (Å²) in [5.41, 5.74) is 0.801. The number of rotatable bonds is 8. The normalized spacial score (nSPS) is 16.4. The van der Waals surface area contributed by atoms with Gasteiger partial charge in [0.2, 0.25) is 5.91 Å². The maximum atomic E-state index is 12.6. The third kappa shape index (κ3) is 5.52. The van der Waals surface area contributed by atoms with Crippen LogP contribution in [0.2, 0.25) is 0 Å². The number of nitrogens with zero attached hydrogens (tertiary/aromatic N) is 3. The van der Waals surface area contributed by atoms with Crippen molar-refractivity contribution in [3.63, 3.8) is 0 Å². The van der Waals surface area contributed by atoms with Gasteiger partial charge >= 0.3 is 0 Å². The number of amides is 1. The SMILES string of the molecule is COc1ccc(OCCN2CCN(CC(=O)Nc3nc4cc5c(cc4s3)OCCO5)CC2)cc1. The van der Waals surface area contributed by atoms with E-state index >= 15 is 0 Å². The maximum Gasteiger partial charge on any atom is 0.240 e. The molecular weight excluding hydrogens is 456 g/mol. The highest BCUT2D eigenvalue weighted by Crippen LogP contribution is 2.37. The first kappa shape index (κ1) is 22.7. The molecule has 34 heavy (non-hydrogen) atoms. The predicted molar refractivity (Wildman–Crippen MR) is 131 cm³/mol. The smallest absolute Gasteiger partial charge is 0.240 e. The first-order chi connectivity index (χ1) is 16.7. The lowest BCUT2D eigenvalue weighted by Crippen LogP contribution is -2.49. The zero-order chi connectivity index (χ0) is 23.3. The summed E-state index contributed by atoms with van der Waals surface area (Å²) in [4.78, 5) is 21.7. The molecule has 2 aliphatic heterocycles. The molecule has 0 unspecified atom stereocenters. The summed E-state index contributed by atoms with van der Waals surface area (Å²) in [6.45, 7) is 6.43. The number of nitrogens with one attached hydrogen (secondary N) is 1. The molecule has 3 aromatic rings. The fraction of sp³-hybridized carbons (Fsp3) is 0.417. The Hall–Kier alpha value is -3.08. The molecule has 2 aliphatic rings. The Balaban J connectivity index is 1.04. The molecule has 1 fully saturated rings. The van der Waals surface area contributed by atoms with Gasteiger partial charge in [-0.2, -0.15) is 0 Å². The zero-order valence-electron chi connectivity index (χ0n) is 19.1. The summed E-state index contributed by atoms with van der Waals surface area (Å²) in [6, 6.07) is 11.4. The van der Waals surface area contributed by atoms with E-state index in [1.54, 1.807) is 7.11 Å². The van der Waals surface area contributed by atoms with Gasteiger partial charge in [-0.05, 0) is 24.3 Å². The second kappa shape index (κ2) is 10.5. The van der Waals surface area contributed by atoms with Crippen molar-refractivity contribution in [2.24, 2.45) is 0 Å². The average Bonchev–Trinajstić information content (AvgIpc) is 3.24. The predicted octanol–water partition coefficient (Wildman–Crippen LogP) is 2.71. The van der Waals surface area contributed by atoms with Gasteiger partial charge in [0.05, 0.1) is 23.9 Å². The van der Waals surface area contributed by atoms with Crippen molar-refractivity contribution in [3.05, 3.63) is 36.4 Å². The number of carbonyl (C=O) groups excluding carboxylic acids is 1. The van der Waals surface area contributed by atoms with Gasteiger partial charge in [0, 0.05) is 44.9 Å². The van der Waals surface area contributed by atoms with E-state index in [-0.39, 0.29) is 5.91 Å². The Morgan fingerprint density at radius 1 is 1.03 bits per heavy atom. The molecule has 0 saturated carbocycles. The van der Waals surface area contributed by atoms with Crippen LogP contribution < -0.4 is 24.3 Å². The fourth-order valence-electron chi connectivity index (χ4n) is 4.02. The highest BCUT2D eigenvalue weighted by molar-refractivity contribution is 7.22. The minimum Gasteiger partial charge on any atom is -0.497 e. The van der Waals surface area contributed by atoms with Gasteiger partial charge in [-0.1, -0.05) is 11.3 Å². The molecule has 2 aromatic carbocycles. The van der Waals surface area contributed by atoms with Gasteiger partial charge < -0.3 is 24.3 Å². The quantitative estimate of drug-likeness (QED) is 0.523. The Labute approximate surface area is 202 Å². The van der Waals surface area contributed by atoms with Crippen LogP contribution in [0.4, 0.5) is 5.13 Å². The molecule has 9 nitrogen and oxygen atoms in total. The molecule has 1 aromatic heterocycles. The van der Waals surface area contributed by atoms with E-state index in [0.717, 1.165) is 60.2 Å². The molecule has 0 radical (unpaired) electrons. The number of piperazine rings is 1. The van der Waals surface area contributed by atoms with Gasteiger partial charge in [-0.3, -0.25) is 14.6 Å². The molecule has 3 heterocycles. The highest BCUT2D eigenvalue weighted by Gasteiger charge is 2.20. The van der Waals surface area contributed by atoms with Crippen LogP contribution >= 0.6 is 11.3 Å². The van der Waals surface area contributed by atoms with Gasteiger partial charge in [0.25, 0.3) is 0 Å². The van der Waals surface area contributed by atoms with Gasteiger partial charge in [0.15, 0.2) is 16.6 Å². The number of fused-ring (bicyclic) bond motifs is 2. The number of ether oxygens (including phenoxy) is 4. The standard InChI is InChI=1S/C24H28N4O5S/c1-30-17-2-4-18(5-3-17)31-11-10-27-6-8-28(9-7-27)16-23(29)26-24-25-19-14-20-21(15-22(19)34-24)33-13-12-32-20/h2-5,14-15H,6-13,16H2,1H3,(H,25,26,29). The van der Waals surface area contributed by atoms with E-state index in [0.29, 0.717) is 37.2 Å². The van der Waals surface area contributed by atoms with Crippen LogP contribution in [-0.2, 0) is 4.79 Å². The highest BCUT2D eigenvalue weighted by atomic mass is 32.1. The third-order valence-corrected chi connectivity index (χ3v) is 6.80. The Bertz CT molecular complexity index is 1090. The summed E-state index contributed by atoms with van der Waals surface area (Å²) in [5, 5.41) is 3.54. The van der Waals surface area contributed by atoms with Crippen LogP contribution in [0.1, 0.15) is 0 Å².